The second-order valence-electron chi connectivity index (χ2n) is 7.58. The molecule has 0 aliphatic rings. The standard InChI is InChI=1S/C18H23F3N4O2S/c1-17(2,3)24-28(26,27)12-9-15(25(5)10-12)16(22)23-11-6-7-14(19)13(8-11)18(4,20)21/h6-10,24H,1-5H3,(H2,22,23). The summed E-state index contributed by atoms with van der Waals surface area (Å²) in [6.07, 6.45) is 1.36. The Hall–Kier alpha value is -2.33. The molecular formula is C18H23F3N4O2S. The number of halogens is 3. The lowest BCUT2D eigenvalue weighted by Gasteiger charge is -2.19. The van der Waals surface area contributed by atoms with Crippen molar-refractivity contribution in [2.45, 2.75) is 44.1 Å². The predicted octanol–water partition coefficient (Wildman–Crippen LogP) is 3.39. The van der Waals surface area contributed by atoms with Crippen LogP contribution in [0.5, 0.6) is 0 Å². The van der Waals surface area contributed by atoms with Gasteiger partial charge in [-0.1, -0.05) is 0 Å². The van der Waals surface area contributed by atoms with Gasteiger partial charge in [0.05, 0.1) is 16.9 Å². The van der Waals surface area contributed by atoms with Crippen LogP contribution in [0.2, 0.25) is 0 Å². The van der Waals surface area contributed by atoms with Crippen LogP contribution in [0.25, 0.3) is 0 Å². The Labute approximate surface area is 162 Å². The molecule has 0 atom stereocenters. The first-order chi connectivity index (χ1) is 12.6. The Balaban J connectivity index is 2.43. The zero-order valence-corrected chi connectivity index (χ0v) is 17.0. The van der Waals surface area contributed by atoms with Crippen molar-refractivity contribution in [2.24, 2.45) is 17.8 Å². The molecule has 1 heterocycles. The summed E-state index contributed by atoms with van der Waals surface area (Å²) in [6, 6.07) is 4.32. The molecule has 2 rings (SSSR count). The molecule has 3 N–H and O–H groups in total. The van der Waals surface area contributed by atoms with Gasteiger partial charge >= 0.3 is 0 Å². The largest absolute Gasteiger partial charge is 0.382 e. The molecule has 0 spiro atoms. The van der Waals surface area contributed by atoms with Crippen LogP contribution in [-0.4, -0.2) is 24.4 Å². The van der Waals surface area contributed by atoms with E-state index in [2.05, 4.69) is 9.71 Å². The van der Waals surface area contributed by atoms with Gasteiger partial charge in [0, 0.05) is 25.7 Å². The van der Waals surface area contributed by atoms with Crippen LogP contribution < -0.4 is 10.5 Å². The predicted molar refractivity (Wildman–Crippen MR) is 102 cm³/mol. The van der Waals surface area contributed by atoms with E-state index in [1.54, 1.807) is 27.8 Å². The van der Waals surface area contributed by atoms with Crippen LogP contribution in [0.4, 0.5) is 18.9 Å². The summed E-state index contributed by atoms with van der Waals surface area (Å²) >= 11 is 0. The molecule has 0 saturated carbocycles. The molecule has 10 heteroatoms. The van der Waals surface area contributed by atoms with Crippen molar-refractivity contribution in [3.8, 4) is 0 Å². The molecule has 0 radical (unpaired) electrons. The monoisotopic (exact) mass is 416 g/mol. The topological polar surface area (TPSA) is 89.5 Å². The Morgan fingerprint density at radius 3 is 2.32 bits per heavy atom. The van der Waals surface area contributed by atoms with E-state index >= 15 is 0 Å². The number of alkyl halides is 2. The third-order valence-corrected chi connectivity index (χ3v) is 5.39. The smallest absolute Gasteiger partial charge is 0.273 e. The van der Waals surface area contributed by atoms with E-state index in [-0.39, 0.29) is 22.1 Å². The molecule has 0 fully saturated rings. The highest BCUT2D eigenvalue weighted by Crippen LogP contribution is 2.32. The van der Waals surface area contributed by atoms with E-state index in [9.17, 15) is 21.6 Å². The summed E-state index contributed by atoms with van der Waals surface area (Å²) in [6.45, 7) is 5.71. The Bertz CT molecular complexity index is 1020. The Kier molecular flexibility index (Phi) is 5.69. The van der Waals surface area contributed by atoms with Crippen molar-refractivity contribution in [1.82, 2.24) is 9.29 Å². The molecule has 0 saturated heterocycles. The zero-order valence-electron chi connectivity index (χ0n) is 16.2. The molecule has 6 nitrogen and oxygen atoms in total. The van der Waals surface area contributed by atoms with Gasteiger partial charge < -0.3 is 10.3 Å². The Morgan fingerprint density at radius 2 is 1.79 bits per heavy atom. The van der Waals surface area contributed by atoms with E-state index in [0.717, 1.165) is 12.1 Å². The fraction of sp³-hybridized carbons (Fsp3) is 0.389. The average molecular weight is 416 g/mol. The number of aryl methyl sites for hydroxylation is 1. The number of sulfonamides is 1. The lowest BCUT2D eigenvalue weighted by atomic mass is 10.1. The summed E-state index contributed by atoms with van der Waals surface area (Å²) < 4.78 is 69.5. The highest BCUT2D eigenvalue weighted by molar-refractivity contribution is 7.89. The van der Waals surface area contributed by atoms with Crippen molar-refractivity contribution >= 4 is 21.5 Å². The number of aliphatic imine (C=N–C) groups is 1. The van der Waals surface area contributed by atoms with Gasteiger partial charge in [-0.3, -0.25) is 0 Å². The van der Waals surface area contributed by atoms with Gasteiger partial charge in [-0.15, -0.1) is 0 Å². The second kappa shape index (κ2) is 7.25. The molecule has 1 aromatic heterocycles. The number of nitrogens with zero attached hydrogens (tertiary/aromatic N) is 2. The maximum absolute atomic E-state index is 13.6. The summed E-state index contributed by atoms with van der Waals surface area (Å²) in [5.74, 6) is -4.53. The van der Waals surface area contributed by atoms with E-state index in [0.29, 0.717) is 6.92 Å². The highest BCUT2D eigenvalue weighted by atomic mass is 32.2. The Morgan fingerprint density at radius 1 is 1.18 bits per heavy atom. The summed E-state index contributed by atoms with van der Waals surface area (Å²) in [5, 5.41) is 0. The number of benzene rings is 1. The van der Waals surface area contributed by atoms with Crippen molar-refractivity contribution in [2.75, 3.05) is 0 Å². The molecule has 2 aromatic rings. The maximum atomic E-state index is 13.6. The summed E-state index contributed by atoms with van der Waals surface area (Å²) in [7, 11) is -2.21. The third-order valence-electron chi connectivity index (χ3n) is 3.67. The SMILES string of the molecule is Cn1cc(S(=O)(=O)NC(C)(C)C)cc1C(N)=Nc1ccc(F)c(C(C)(F)F)c1. The lowest BCUT2D eigenvalue weighted by molar-refractivity contribution is 0.0138. The van der Waals surface area contributed by atoms with Crippen molar-refractivity contribution < 1.29 is 21.6 Å². The van der Waals surface area contributed by atoms with Gasteiger partial charge in [0.2, 0.25) is 10.0 Å². The minimum atomic E-state index is -3.79. The molecule has 1 aromatic carbocycles. The van der Waals surface area contributed by atoms with Gasteiger partial charge in [-0.25, -0.2) is 31.3 Å². The van der Waals surface area contributed by atoms with E-state index in [1.807, 2.05) is 0 Å². The van der Waals surface area contributed by atoms with Crippen LogP contribution >= 0.6 is 0 Å². The normalized spacial score (nSPS) is 13.8. The molecule has 0 unspecified atom stereocenters. The molecule has 0 bridgehead atoms. The molecular weight excluding hydrogens is 393 g/mol. The van der Waals surface area contributed by atoms with Crippen molar-refractivity contribution in [1.29, 1.82) is 0 Å². The first-order valence-electron chi connectivity index (χ1n) is 8.33. The number of aromatic nitrogens is 1. The van der Waals surface area contributed by atoms with Crippen LogP contribution in [0.15, 0.2) is 40.4 Å². The molecule has 0 aliphatic heterocycles. The fourth-order valence-corrected chi connectivity index (χ4v) is 4.00. The number of hydrogen-bond donors (Lipinski definition) is 2. The van der Waals surface area contributed by atoms with Crippen LogP contribution in [0.3, 0.4) is 0 Å². The number of rotatable bonds is 5. The van der Waals surface area contributed by atoms with Gasteiger partial charge in [0.25, 0.3) is 5.92 Å². The quantitative estimate of drug-likeness (QED) is 0.578. The van der Waals surface area contributed by atoms with E-state index in [4.69, 9.17) is 5.73 Å². The van der Waals surface area contributed by atoms with Gasteiger partial charge in [-0.05, 0) is 45.0 Å². The summed E-state index contributed by atoms with van der Waals surface area (Å²) in [4.78, 5) is 4.02. The average Bonchev–Trinajstić information content (AvgIpc) is 2.88. The van der Waals surface area contributed by atoms with Crippen LogP contribution in [-0.2, 0) is 23.0 Å². The van der Waals surface area contributed by atoms with E-state index in [1.165, 1.54) is 22.9 Å². The van der Waals surface area contributed by atoms with E-state index < -0.39 is 32.9 Å². The number of nitrogens with one attached hydrogen (secondary N) is 1. The first-order valence-corrected chi connectivity index (χ1v) is 9.81. The minimum absolute atomic E-state index is 0.0158. The number of nitrogens with two attached hydrogens (primary N) is 1. The van der Waals surface area contributed by atoms with Crippen molar-refractivity contribution in [3.63, 3.8) is 0 Å². The first kappa shape index (κ1) is 22.0. The second-order valence-corrected chi connectivity index (χ2v) is 9.26. The van der Waals surface area contributed by atoms with Gasteiger partial charge in [0.1, 0.15) is 16.5 Å². The lowest BCUT2D eigenvalue weighted by Crippen LogP contribution is -2.40. The fourth-order valence-electron chi connectivity index (χ4n) is 2.51. The molecule has 28 heavy (non-hydrogen) atoms. The molecule has 0 aliphatic carbocycles. The number of hydrogen-bond acceptors (Lipinski definition) is 3. The molecule has 0 amide bonds. The van der Waals surface area contributed by atoms with Crippen LogP contribution in [0, 0.1) is 5.82 Å². The number of amidine groups is 1. The minimum Gasteiger partial charge on any atom is -0.382 e. The highest BCUT2D eigenvalue weighted by Gasteiger charge is 2.28. The van der Waals surface area contributed by atoms with Gasteiger partial charge in [0.15, 0.2) is 0 Å². The zero-order chi connectivity index (χ0) is 21.5. The summed E-state index contributed by atoms with van der Waals surface area (Å²) in [5.41, 5.74) is 4.75. The third kappa shape index (κ3) is 5.14. The van der Waals surface area contributed by atoms with Gasteiger partial charge in [-0.2, -0.15) is 0 Å². The maximum Gasteiger partial charge on any atom is 0.273 e. The molecule has 154 valence electrons. The van der Waals surface area contributed by atoms with Crippen molar-refractivity contribution in [3.05, 3.63) is 47.5 Å². The van der Waals surface area contributed by atoms with Crippen LogP contribution in [0.1, 0.15) is 39.0 Å².